The zero-order valence-corrected chi connectivity index (χ0v) is 13.0. The van der Waals surface area contributed by atoms with Crippen LogP contribution in [0.4, 0.5) is 5.69 Å². The van der Waals surface area contributed by atoms with Crippen LogP contribution in [0.2, 0.25) is 0 Å². The van der Waals surface area contributed by atoms with Gasteiger partial charge in [-0.15, -0.1) is 0 Å². The third-order valence-electron chi connectivity index (χ3n) is 3.44. The van der Waals surface area contributed by atoms with Crippen LogP contribution in [0, 0.1) is 0 Å². The molecule has 0 aliphatic heterocycles. The van der Waals surface area contributed by atoms with E-state index in [1.54, 1.807) is 0 Å². The summed E-state index contributed by atoms with van der Waals surface area (Å²) in [6, 6.07) is 6.21. The fourth-order valence-corrected chi connectivity index (χ4v) is 2.41. The highest BCUT2D eigenvalue weighted by Crippen LogP contribution is 2.20. The van der Waals surface area contributed by atoms with Crippen molar-refractivity contribution in [3.8, 4) is 0 Å². The summed E-state index contributed by atoms with van der Waals surface area (Å²) in [5, 5.41) is 3.29. The van der Waals surface area contributed by atoms with Crippen molar-refractivity contribution in [2.45, 2.75) is 33.1 Å². The molecule has 0 saturated carbocycles. The second-order valence-electron chi connectivity index (χ2n) is 4.98. The highest BCUT2D eigenvalue weighted by molar-refractivity contribution is 5.80. The van der Waals surface area contributed by atoms with Crippen molar-refractivity contribution in [2.75, 3.05) is 18.5 Å². The molecule has 1 heterocycles. The molecular weight excluding hydrogens is 266 g/mol. The van der Waals surface area contributed by atoms with Crippen LogP contribution < -0.4 is 5.32 Å². The van der Waals surface area contributed by atoms with E-state index in [0.29, 0.717) is 13.0 Å². The molecule has 1 N–H and O–H groups in total. The molecule has 1 aromatic carbocycles. The molecule has 0 atom stereocenters. The number of aromatic nitrogens is 2. The van der Waals surface area contributed by atoms with Gasteiger partial charge in [-0.05, 0) is 38.5 Å². The summed E-state index contributed by atoms with van der Waals surface area (Å²) in [6.07, 6.45) is 1.98. The van der Waals surface area contributed by atoms with Crippen molar-refractivity contribution in [2.24, 2.45) is 7.05 Å². The monoisotopic (exact) mass is 289 g/mol. The van der Waals surface area contributed by atoms with E-state index in [2.05, 4.69) is 40.0 Å². The lowest BCUT2D eigenvalue weighted by Crippen LogP contribution is -2.05. The summed E-state index contributed by atoms with van der Waals surface area (Å²) in [6.45, 7) is 5.23. The molecule has 0 aliphatic carbocycles. The summed E-state index contributed by atoms with van der Waals surface area (Å²) in [5.41, 5.74) is 3.19. The maximum Gasteiger partial charge on any atom is 0.305 e. The molecular formula is C16H23N3O2. The Labute approximate surface area is 125 Å². The molecule has 114 valence electrons. The van der Waals surface area contributed by atoms with Gasteiger partial charge in [0.2, 0.25) is 0 Å². The summed E-state index contributed by atoms with van der Waals surface area (Å²) < 4.78 is 7.03. The number of rotatable bonds is 7. The van der Waals surface area contributed by atoms with E-state index in [0.717, 1.165) is 41.9 Å². The Balaban J connectivity index is 2.06. The Kier molecular flexibility index (Phi) is 5.20. The summed E-state index contributed by atoms with van der Waals surface area (Å²) in [4.78, 5) is 16.0. The van der Waals surface area contributed by atoms with E-state index in [4.69, 9.17) is 4.74 Å². The third-order valence-corrected chi connectivity index (χ3v) is 3.44. The van der Waals surface area contributed by atoms with Crippen molar-refractivity contribution in [3.63, 3.8) is 0 Å². The number of nitrogens with one attached hydrogen (secondary N) is 1. The van der Waals surface area contributed by atoms with Gasteiger partial charge in [0.1, 0.15) is 5.82 Å². The fraction of sp³-hybridized carbons (Fsp3) is 0.500. The number of nitrogens with zero attached hydrogens (tertiary/aromatic N) is 2. The molecule has 0 aliphatic rings. The van der Waals surface area contributed by atoms with Crippen LogP contribution in [0.3, 0.4) is 0 Å². The van der Waals surface area contributed by atoms with Crippen molar-refractivity contribution < 1.29 is 9.53 Å². The van der Waals surface area contributed by atoms with Gasteiger partial charge in [-0.1, -0.05) is 0 Å². The fourth-order valence-electron chi connectivity index (χ4n) is 2.41. The van der Waals surface area contributed by atoms with E-state index >= 15 is 0 Å². The molecule has 0 bridgehead atoms. The zero-order chi connectivity index (χ0) is 15.2. The number of imidazole rings is 1. The SMILES string of the molecule is CCNc1ccc2c(c1)nc(CCCC(=O)OCC)n2C. The normalized spacial score (nSPS) is 10.8. The summed E-state index contributed by atoms with van der Waals surface area (Å²) in [5.74, 6) is 0.869. The third kappa shape index (κ3) is 3.74. The highest BCUT2D eigenvalue weighted by atomic mass is 16.5. The Hall–Kier alpha value is -2.04. The van der Waals surface area contributed by atoms with E-state index < -0.39 is 0 Å². The predicted octanol–water partition coefficient (Wildman–Crippen LogP) is 2.89. The molecule has 5 heteroatoms. The van der Waals surface area contributed by atoms with Gasteiger partial charge in [0.15, 0.2) is 0 Å². The first kappa shape index (κ1) is 15.4. The number of benzene rings is 1. The zero-order valence-electron chi connectivity index (χ0n) is 13.0. The molecule has 0 fully saturated rings. The van der Waals surface area contributed by atoms with Gasteiger partial charge >= 0.3 is 5.97 Å². The first-order valence-electron chi connectivity index (χ1n) is 7.50. The Morgan fingerprint density at radius 2 is 2.19 bits per heavy atom. The van der Waals surface area contributed by atoms with Gasteiger partial charge in [0, 0.05) is 32.1 Å². The second kappa shape index (κ2) is 7.11. The van der Waals surface area contributed by atoms with Crippen molar-refractivity contribution >= 4 is 22.7 Å². The minimum atomic E-state index is -0.134. The van der Waals surface area contributed by atoms with Crippen LogP contribution >= 0.6 is 0 Å². The number of anilines is 1. The number of hydrogen-bond acceptors (Lipinski definition) is 4. The number of carbonyl (C=O) groups is 1. The Morgan fingerprint density at radius 1 is 1.38 bits per heavy atom. The molecule has 5 nitrogen and oxygen atoms in total. The van der Waals surface area contributed by atoms with Crippen LogP contribution in [0.25, 0.3) is 11.0 Å². The van der Waals surface area contributed by atoms with E-state index in [9.17, 15) is 4.79 Å². The molecule has 21 heavy (non-hydrogen) atoms. The van der Waals surface area contributed by atoms with Crippen molar-refractivity contribution in [1.29, 1.82) is 0 Å². The van der Waals surface area contributed by atoms with E-state index in [1.807, 2.05) is 14.0 Å². The molecule has 0 radical (unpaired) electrons. The molecule has 2 rings (SSSR count). The topological polar surface area (TPSA) is 56.1 Å². The smallest absolute Gasteiger partial charge is 0.305 e. The lowest BCUT2D eigenvalue weighted by Gasteiger charge is -2.04. The molecule has 0 amide bonds. The maximum atomic E-state index is 11.3. The minimum absolute atomic E-state index is 0.134. The number of carbonyl (C=O) groups excluding carboxylic acids is 1. The van der Waals surface area contributed by atoms with Crippen LogP contribution in [0.15, 0.2) is 18.2 Å². The number of hydrogen-bond donors (Lipinski definition) is 1. The molecule has 0 saturated heterocycles. The second-order valence-corrected chi connectivity index (χ2v) is 4.98. The summed E-state index contributed by atoms with van der Waals surface area (Å²) in [7, 11) is 2.02. The Morgan fingerprint density at radius 3 is 2.90 bits per heavy atom. The predicted molar refractivity (Wildman–Crippen MR) is 84.4 cm³/mol. The van der Waals surface area contributed by atoms with Gasteiger partial charge < -0.3 is 14.6 Å². The van der Waals surface area contributed by atoms with Crippen LogP contribution in [-0.2, 0) is 23.0 Å². The van der Waals surface area contributed by atoms with Crippen molar-refractivity contribution in [1.82, 2.24) is 9.55 Å². The maximum absolute atomic E-state index is 11.3. The van der Waals surface area contributed by atoms with Gasteiger partial charge in [0.25, 0.3) is 0 Å². The number of esters is 1. The summed E-state index contributed by atoms with van der Waals surface area (Å²) >= 11 is 0. The van der Waals surface area contributed by atoms with Crippen LogP contribution in [-0.4, -0.2) is 28.7 Å². The molecule has 1 aromatic heterocycles. The van der Waals surface area contributed by atoms with Gasteiger partial charge in [-0.3, -0.25) is 4.79 Å². The minimum Gasteiger partial charge on any atom is -0.466 e. The number of aryl methyl sites for hydroxylation is 2. The molecule has 0 unspecified atom stereocenters. The largest absolute Gasteiger partial charge is 0.466 e. The quantitative estimate of drug-likeness (QED) is 0.796. The first-order chi connectivity index (χ1) is 10.2. The van der Waals surface area contributed by atoms with Crippen molar-refractivity contribution in [3.05, 3.63) is 24.0 Å². The van der Waals surface area contributed by atoms with Crippen LogP contribution in [0.1, 0.15) is 32.5 Å². The lowest BCUT2D eigenvalue weighted by molar-refractivity contribution is -0.143. The van der Waals surface area contributed by atoms with Gasteiger partial charge in [-0.2, -0.15) is 0 Å². The lowest BCUT2D eigenvalue weighted by atomic mass is 10.2. The standard InChI is InChI=1S/C16H23N3O2/c1-4-17-12-9-10-14-13(11-12)18-15(19(14)3)7-6-8-16(20)21-5-2/h9-11,17H,4-8H2,1-3H3. The average Bonchev–Trinajstić information content (AvgIpc) is 2.76. The Bertz CT molecular complexity index is 619. The molecule has 0 spiro atoms. The molecule has 2 aromatic rings. The number of fused-ring (bicyclic) bond motifs is 1. The first-order valence-corrected chi connectivity index (χ1v) is 7.50. The van der Waals surface area contributed by atoms with Gasteiger partial charge in [0.05, 0.1) is 17.6 Å². The van der Waals surface area contributed by atoms with Gasteiger partial charge in [-0.25, -0.2) is 4.98 Å². The average molecular weight is 289 g/mol. The highest BCUT2D eigenvalue weighted by Gasteiger charge is 2.09. The van der Waals surface area contributed by atoms with Crippen LogP contribution in [0.5, 0.6) is 0 Å². The van der Waals surface area contributed by atoms with E-state index in [-0.39, 0.29) is 5.97 Å². The van der Waals surface area contributed by atoms with E-state index in [1.165, 1.54) is 0 Å². The number of ether oxygens (including phenoxy) is 1.